The van der Waals surface area contributed by atoms with Crippen molar-refractivity contribution in [3.63, 3.8) is 0 Å². The minimum absolute atomic E-state index is 0.0152. The molecule has 0 unspecified atom stereocenters. The number of morpholine rings is 1. The number of hydrogen-bond donors (Lipinski definition) is 2. The highest BCUT2D eigenvalue weighted by atomic mass is 35.5. The van der Waals surface area contributed by atoms with Crippen LogP contribution in [0.15, 0.2) is 24.4 Å². The van der Waals surface area contributed by atoms with Crippen molar-refractivity contribution in [3.8, 4) is 0 Å². The molecule has 1 amide bonds. The van der Waals surface area contributed by atoms with Gasteiger partial charge in [-0.1, -0.05) is 23.2 Å². The van der Waals surface area contributed by atoms with Crippen LogP contribution in [-0.4, -0.2) is 43.7 Å². The molecule has 1 aliphatic rings. The summed E-state index contributed by atoms with van der Waals surface area (Å²) < 4.78 is 5.29. The summed E-state index contributed by atoms with van der Waals surface area (Å²) in [5, 5.41) is 4.72. The second-order valence-corrected chi connectivity index (χ2v) is 7.66. The molecule has 3 rings (SSSR count). The van der Waals surface area contributed by atoms with Crippen LogP contribution in [-0.2, 0) is 16.0 Å². The van der Waals surface area contributed by atoms with Gasteiger partial charge in [0.2, 0.25) is 0 Å². The van der Waals surface area contributed by atoms with Crippen molar-refractivity contribution in [3.05, 3.63) is 44.9 Å². The molecule has 24 heavy (non-hydrogen) atoms. The van der Waals surface area contributed by atoms with Crippen LogP contribution in [0.25, 0.3) is 0 Å². The molecule has 128 valence electrons. The maximum absolute atomic E-state index is 12.1. The van der Waals surface area contributed by atoms with Gasteiger partial charge in [-0.3, -0.25) is 10.1 Å². The van der Waals surface area contributed by atoms with Gasteiger partial charge in [-0.15, -0.1) is 11.3 Å². The molecule has 1 fully saturated rings. The summed E-state index contributed by atoms with van der Waals surface area (Å²) in [6.07, 6.45) is 2.46. The molecule has 0 bridgehead atoms. The molecule has 1 aliphatic heterocycles. The third kappa shape index (κ3) is 5.16. The Bertz CT molecular complexity index is 697. The zero-order chi connectivity index (χ0) is 16.9. The quantitative estimate of drug-likeness (QED) is 0.824. The van der Waals surface area contributed by atoms with Gasteiger partial charge in [0.1, 0.15) is 13.1 Å². The molecule has 1 saturated heterocycles. The van der Waals surface area contributed by atoms with E-state index in [0.717, 1.165) is 23.5 Å². The molecule has 5 nitrogen and oxygen atoms in total. The van der Waals surface area contributed by atoms with E-state index in [1.807, 2.05) is 12.1 Å². The van der Waals surface area contributed by atoms with Crippen molar-refractivity contribution in [2.24, 2.45) is 0 Å². The van der Waals surface area contributed by atoms with Crippen LogP contribution in [0.5, 0.6) is 0 Å². The second kappa shape index (κ2) is 8.27. The number of carbonyl (C=O) groups is 1. The largest absolute Gasteiger partial charge is 0.370 e. The van der Waals surface area contributed by atoms with Gasteiger partial charge in [0.05, 0.1) is 13.2 Å². The number of nitrogens with one attached hydrogen (secondary N) is 2. The van der Waals surface area contributed by atoms with Gasteiger partial charge in [0.25, 0.3) is 5.91 Å². The normalized spacial score (nSPS) is 15.4. The number of aromatic nitrogens is 1. The standard InChI is InChI=1S/C16H17Cl2N3O2S/c17-12-5-11(6-13(18)8-12)7-14-9-19-16(24-14)20-15(22)10-21-1-3-23-4-2-21/h5-6,8-9H,1-4,7,10H2,(H,19,20,22)/p+1. The fourth-order valence-corrected chi connectivity index (χ4v) is 4.02. The lowest BCUT2D eigenvalue weighted by Gasteiger charge is -2.22. The number of ether oxygens (including phenoxy) is 1. The fraction of sp³-hybridized carbons (Fsp3) is 0.375. The summed E-state index contributed by atoms with van der Waals surface area (Å²) in [7, 11) is 0. The van der Waals surface area contributed by atoms with Crippen LogP contribution in [0.3, 0.4) is 0 Å². The van der Waals surface area contributed by atoms with Gasteiger partial charge < -0.3 is 9.64 Å². The molecule has 0 radical (unpaired) electrons. The van der Waals surface area contributed by atoms with Gasteiger partial charge in [-0.05, 0) is 23.8 Å². The van der Waals surface area contributed by atoms with Crippen molar-refractivity contribution in [2.75, 3.05) is 38.2 Å². The Balaban J connectivity index is 1.55. The molecule has 8 heteroatoms. The van der Waals surface area contributed by atoms with Crippen LogP contribution in [0, 0.1) is 0 Å². The highest BCUT2D eigenvalue weighted by molar-refractivity contribution is 7.15. The van der Waals surface area contributed by atoms with E-state index in [9.17, 15) is 4.79 Å². The van der Waals surface area contributed by atoms with E-state index in [2.05, 4.69) is 10.3 Å². The van der Waals surface area contributed by atoms with E-state index in [4.69, 9.17) is 27.9 Å². The van der Waals surface area contributed by atoms with Gasteiger partial charge in [-0.25, -0.2) is 4.98 Å². The molecule has 0 saturated carbocycles. The van der Waals surface area contributed by atoms with Crippen molar-refractivity contribution >= 4 is 45.6 Å². The predicted octanol–water partition coefficient (Wildman–Crippen LogP) is 1.89. The van der Waals surface area contributed by atoms with E-state index in [1.54, 1.807) is 12.3 Å². The Labute approximate surface area is 154 Å². The van der Waals surface area contributed by atoms with Crippen LogP contribution in [0.4, 0.5) is 5.13 Å². The Kier molecular flexibility index (Phi) is 6.08. The number of hydrogen-bond acceptors (Lipinski definition) is 4. The SMILES string of the molecule is O=C(C[NH+]1CCOCC1)Nc1ncc(Cc2cc(Cl)cc(Cl)c2)s1. The number of rotatable bonds is 5. The highest BCUT2D eigenvalue weighted by Crippen LogP contribution is 2.25. The number of thiazole rings is 1. The monoisotopic (exact) mass is 386 g/mol. The van der Waals surface area contributed by atoms with E-state index in [-0.39, 0.29) is 5.91 Å². The zero-order valence-electron chi connectivity index (χ0n) is 13.0. The lowest BCUT2D eigenvalue weighted by Crippen LogP contribution is -3.15. The molecule has 2 N–H and O–H groups in total. The summed E-state index contributed by atoms with van der Waals surface area (Å²) in [5.41, 5.74) is 1.02. The summed E-state index contributed by atoms with van der Waals surface area (Å²) >= 11 is 13.5. The summed E-state index contributed by atoms with van der Waals surface area (Å²) in [6, 6.07) is 5.47. The topological polar surface area (TPSA) is 55.7 Å². The zero-order valence-corrected chi connectivity index (χ0v) is 15.3. The molecular weight excluding hydrogens is 369 g/mol. The lowest BCUT2D eigenvalue weighted by atomic mass is 10.1. The fourth-order valence-electron chi connectivity index (χ4n) is 2.59. The summed E-state index contributed by atoms with van der Waals surface area (Å²) in [6.45, 7) is 3.61. The molecule has 0 atom stereocenters. The number of quaternary nitrogens is 1. The summed E-state index contributed by atoms with van der Waals surface area (Å²) in [5.74, 6) is -0.0152. The first kappa shape index (κ1) is 17.6. The van der Waals surface area contributed by atoms with E-state index in [1.165, 1.54) is 16.2 Å². The maximum atomic E-state index is 12.1. The smallest absolute Gasteiger partial charge is 0.281 e. The third-order valence-corrected chi connectivity index (χ3v) is 5.06. The summed E-state index contributed by atoms with van der Waals surface area (Å²) in [4.78, 5) is 18.7. The molecule has 1 aromatic heterocycles. The van der Waals surface area contributed by atoms with Gasteiger partial charge in [0, 0.05) is 27.5 Å². The average Bonchev–Trinajstić information content (AvgIpc) is 2.94. The minimum atomic E-state index is -0.0152. The Morgan fingerprint density at radius 1 is 1.25 bits per heavy atom. The molecule has 2 aromatic rings. The van der Waals surface area contributed by atoms with Crippen molar-refractivity contribution < 1.29 is 14.4 Å². The van der Waals surface area contributed by atoms with Gasteiger partial charge in [0.15, 0.2) is 11.7 Å². The second-order valence-electron chi connectivity index (χ2n) is 5.67. The van der Waals surface area contributed by atoms with E-state index < -0.39 is 0 Å². The number of amides is 1. The van der Waals surface area contributed by atoms with Crippen LogP contribution >= 0.6 is 34.5 Å². The van der Waals surface area contributed by atoms with Crippen LogP contribution in [0.1, 0.15) is 10.4 Å². The maximum Gasteiger partial charge on any atom is 0.281 e. The first-order chi connectivity index (χ1) is 11.6. The Morgan fingerprint density at radius 2 is 1.96 bits per heavy atom. The van der Waals surface area contributed by atoms with Crippen molar-refractivity contribution in [1.29, 1.82) is 0 Å². The van der Waals surface area contributed by atoms with Crippen molar-refractivity contribution in [1.82, 2.24) is 4.98 Å². The molecule has 1 aromatic carbocycles. The number of halogens is 2. The third-order valence-electron chi connectivity index (χ3n) is 3.71. The highest BCUT2D eigenvalue weighted by Gasteiger charge is 2.18. The molecular formula is C16H18Cl2N3O2S+. The van der Waals surface area contributed by atoms with Gasteiger partial charge in [-0.2, -0.15) is 0 Å². The van der Waals surface area contributed by atoms with Crippen LogP contribution in [0.2, 0.25) is 10.0 Å². The van der Waals surface area contributed by atoms with Gasteiger partial charge >= 0.3 is 0 Å². The lowest BCUT2D eigenvalue weighted by molar-refractivity contribution is -0.899. The van der Waals surface area contributed by atoms with E-state index >= 15 is 0 Å². The van der Waals surface area contributed by atoms with Crippen molar-refractivity contribution in [2.45, 2.75) is 6.42 Å². The number of anilines is 1. The molecule has 0 aliphatic carbocycles. The minimum Gasteiger partial charge on any atom is -0.370 e. The first-order valence-corrected chi connectivity index (χ1v) is 9.26. The average molecular weight is 387 g/mol. The number of carbonyl (C=O) groups excluding carboxylic acids is 1. The first-order valence-electron chi connectivity index (χ1n) is 7.69. The molecule has 2 heterocycles. The Morgan fingerprint density at radius 3 is 2.67 bits per heavy atom. The molecule has 0 spiro atoms. The number of benzene rings is 1. The van der Waals surface area contributed by atoms with E-state index in [0.29, 0.717) is 41.4 Å². The number of nitrogens with zero attached hydrogens (tertiary/aromatic N) is 1. The predicted molar refractivity (Wildman–Crippen MR) is 96.4 cm³/mol. The Hall–Kier alpha value is -1.18. The van der Waals surface area contributed by atoms with Crippen LogP contribution < -0.4 is 10.2 Å².